The third kappa shape index (κ3) is 23.3. The molecule has 0 saturated carbocycles. The van der Waals surface area contributed by atoms with E-state index in [-0.39, 0.29) is 0 Å². The minimum absolute atomic E-state index is 0.676. The first-order chi connectivity index (χ1) is 19.0. The Morgan fingerprint density at radius 2 is 0.667 bits per heavy atom. The molecule has 5 heteroatoms. The minimum atomic E-state index is -2.54. The Balaban J connectivity index is 4.56. The minimum Gasteiger partial charge on any atom is -0.374 e. The van der Waals surface area contributed by atoms with Gasteiger partial charge in [0.2, 0.25) is 0 Å². The Kier molecular flexibility index (Phi) is 28.2. The van der Waals surface area contributed by atoms with Crippen LogP contribution < -0.4 is 0 Å². The van der Waals surface area contributed by atoms with E-state index in [4.69, 9.17) is 13.3 Å². The fraction of sp³-hybridized carbons (Fsp3) is 1.00. The monoisotopic (exact) mass is 573 g/mol. The van der Waals surface area contributed by atoms with Crippen molar-refractivity contribution in [1.82, 2.24) is 0 Å². The molecule has 0 radical (unpaired) electrons. The van der Waals surface area contributed by atoms with Crippen LogP contribution >= 0.6 is 0 Å². The average molecular weight is 573 g/mol. The van der Waals surface area contributed by atoms with Crippen LogP contribution in [0.25, 0.3) is 0 Å². The lowest BCUT2D eigenvalue weighted by Crippen LogP contribution is -2.49. The van der Waals surface area contributed by atoms with Crippen molar-refractivity contribution < 1.29 is 17.8 Å². The summed E-state index contributed by atoms with van der Waals surface area (Å²) < 4.78 is 19.7. The smallest absolute Gasteiger partial charge is 0.374 e. The summed E-state index contributed by atoms with van der Waals surface area (Å²) in [5.41, 5.74) is 0. The van der Waals surface area contributed by atoms with Gasteiger partial charge in [-0.15, -0.1) is 0 Å². The van der Waals surface area contributed by atoms with Gasteiger partial charge in [0.05, 0.1) is 26.7 Å². The van der Waals surface area contributed by atoms with E-state index in [1.54, 1.807) is 0 Å². The van der Waals surface area contributed by atoms with Gasteiger partial charge in [0, 0.05) is 32.3 Å². The molecule has 4 nitrogen and oxygen atoms in total. The van der Waals surface area contributed by atoms with E-state index in [2.05, 4.69) is 41.7 Å². The lowest BCUT2D eigenvalue weighted by Gasteiger charge is -2.36. The van der Waals surface area contributed by atoms with Gasteiger partial charge in [-0.25, -0.2) is 0 Å². The molecule has 0 amide bonds. The summed E-state index contributed by atoms with van der Waals surface area (Å²) in [5, 5.41) is 0. The number of unbranched alkanes of at least 4 members (excludes halogenated alkanes) is 18. The van der Waals surface area contributed by atoms with E-state index < -0.39 is 8.80 Å². The molecule has 236 valence electrons. The maximum absolute atomic E-state index is 6.15. The molecule has 0 aromatic rings. The molecule has 0 aliphatic carbocycles. The second-order valence-electron chi connectivity index (χ2n) is 12.2. The Bertz CT molecular complexity index is 450. The molecule has 0 aliphatic rings. The Hall–Kier alpha value is 0.0569. The summed E-state index contributed by atoms with van der Waals surface area (Å²) in [5.74, 6) is 0. The van der Waals surface area contributed by atoms with Crippen LogP contribution in [0.5, 0.6) is 0 Å². The van der Waals surface area contributed by atoms with Crippen LogP contribution in [0.3, 0.4) is 0 Å². The lowest BCUT2D eigenvalue weighted by atomic mass is 10.1. The number of hydrogen-bond acceptors (Lipinski definition) is 3. The molecule has 0 N–H and O–H groups in total. The van der Waals surface area contributed by atoms with Crippen molar-refractivity contribution in [3.63, 3.8) is 0 Å². The number of nitrogens with zero attached hydrogens (tertiary/aromatic N) is 1. The van der Waals surface area contributed by atoms with Crippen molar-refractivity contribution in [3.05, 3.63) is 0 Å². The van der Waals surface area contributed by atoms with Crippen LogP contribution in [0.2, 0.25) is 6.04 Å². The van der Waals surface area contributed by atoms with Crippen molar-refractivity contribution in [2.75, 3.05) is 46.5 Å². The summed E-state index contributed by atoms with van der Waals surface area (Å²) in [6, 6.07) is 0.951. The largest absolute Gasteiger partial charge is 0.501 e. The van der Waals surface area contributed by atoms with Gasteiger partial charge >= 0.3 is 8.80 Å². The van der Waals surface area contributed by atoms with Crippen LogP contribution in [0.1, 0.15) is 169 Å². The fourth-order valence-electron chi connectivity index (χ4n) is 5.98. The third-order valence-electron chi connectivity index (χ3n) is 8.38. The van der Waals surface area contributed by atoms with Crippen LogP contribution in [-0.2, 0) is 13.3 Å². The van der Waals surface area contributed by atoms with Crippen molar-refractivity contribution in [3.8, 4) is 0 Å². The van der Waals surface area contributed by atoms with Gasteiger partial charge in [-0.3, -0.25) is 0 Å². The predicted octanol–water partition coefficient (Wildman–Crippen LogP) is 10.7. The van der Waals surface area contributed by atoms with Crippen LogP contribution in [-0.4, -0.2) is 59.8 Å². The summed E-state index contributed by atoms with van der Waals surface area (Å²) in [6.45, 7) is 16.7. The van der Waals surface area contributed by atoms with Gasteiger partial charge in [-0.05, 0) is 46.5 Å². The molecule has 0 spiro atoms. The molecule has 0 heterocycles. The van der Waals surface area contributed by atoms with Crippen molar-refractivity contribution >= 4 is 8.80 Å². The molecule has 0 fully saturated rings. The number of hydrogen-bond donors (Lipinski definition) is 0. The number of quaternary nitrogens is 1. The molecular formula is C34H74NO3Si+. The van der Waals surface area contributed by atoms with E-state index in [0.29, 0.717) is 19.8 Å². The first-order valence-corrected chi connectivity index (χ1v) is 19.7. The highest BCUT2D eigenvalue weighted by atomic mass is 28.4. The Morgan fingerprint density at radius 1 is 0.385 bits per heavy atom. The SMILES string of the molecule is CCCCCCCCCCCC[N+](C)(CCCCCCCCCCCC)CCC[Si](OCC)(OCC)OCC. The van der Waals surface area contributed by atoms with E-state index in [1.807, 2.05) is 0 Å². The highest BCUT2D eigenvalue weighted by Gasteiger charge is 2.40. The van der Waals surface area contributed by atoms with Crippen LogP contribution in [0.4, 0.5) is 0 Å². The predicted molar refractivity (Wildman–Crippen MR) is 175 cm³/mol. The van der Waals surface area contributed by atoms with Gasteiger partial charge in [0.1, 0.15) is 0 Å². The average Bonchev–Trinajstić information content (AvgIpc) is 2.91. The van der Waals surface area contributed by atoms with E-state index in [9.17, 15) is 0 Å². The third-order valence-corrected chi connectivity index (χ3v) is 11.5. The van der Waals surface area contributed by atoms with Crippen molar-refractivity contribution in [1.29, 1.82) is 0 Å². The lowest BCUT2D eigenvalue weighted by molar-refractivity contribution is -0.910. The first-order valence-electron chi connectivity index (χ1n) is 17.8. The summed E-state index contributed by atoms with van der Waals surface area (Å²) >= 11 is 0. The van der Waals surface area contributed by atoms with Crippen LogP contribution in [0.15, 0.2) is 0 Å². The van der Waals surface area contributed by atoms with Gasteiger partial charge in [-0.1, -0.05) is 117 Å². The normalized spacial score (nSPS) is 12.5. The van der Waals surface area contributed by atoms with Gasteiger partial charge in [0.25, 0.3) is 0 Å². The fourth-order valence-corrected chi connectivity index (χ4v) is 8.57. The standard InChI is InChI=1S/C34H74NO3Si/c1-7-12-14-16-18-20-22-24-26-28-31-35(6,32-29-27-25-23-21-19-17-15-13-8-2)33-30-34-39(36-9-3,37-10-4)38-11-5/h7-34H2,1-6H3/q+1. The quantitative estimate of drug-likeness (QED) is 0.0456. The highest BCUT2D eigenvalue weighted by molar-refractivity contribution is 6.60. The molecule has 0 bridgehead atoms. The molecule has 0 saturated heterocycles. The number of rotatable bonds is 32. The zero-order valence-electron chi connectivity index (χ0n) is 28.0. The topological polar surface area (TPSA) is 27.7 Å². The Morgan fingerprint density at radius 3 is 0.974 bits per heavy atom. The van der Waals surface area contributed by atoms with Gasteiger partial charge < -0.3 is 17.8 Å². The van der Waals surface area contributed by atoms with E-state index >= 15 is 0 Å². The maximum atomic E-state index is 6.15. The maximum Gasteiger partial charge on any atom is 0.501 e. The second kappa shape index (κ2) is 28.2. The summed E-state index contributed by atoms with van der Waals surface area (Å²) in [7, 11) is -0.0157. The molecule has 0 aromatic heterocycles. The van der Waals surface area contributed by atoms with Crippen molar-refractivity contribution in [2.24, 2.45) is 0 Å². The van der Waals surface area contributed by atoms with E-state index in [0.717, 1.165) is 12.5 Å². The zero-order valence-corrected chi connectivity index (χ0v) is 29.0. The summed E-state index contributed by atoms with van der Waals surface area (Å²) in [6.07, 6.45) is 29.4. The second-order valence-corrected chi connectivity index (χ2v) is 15.0. The molecule has 0 aliphatic heterocycles. The van der Waals surface area contributed by atoms with Crippen molar-refractivity contribution in [2.45, 2.75) is 176 Å². The Labute approximate surface area is 248 Å². The molecule has 0 atom stereocenters. The van der Waals surface area contributed by atoms with Crippen LogP contribution in [0, 0.1) is 0 Å². The highest BCUT2D eigenvalue weighted by Crippen LogP contribution is 2.22. The molecule has 0 aromatic carbocycles. The molecule has 39 heavy (non-hydrogen) atoms. The van der Waals surface area contributed by atoms with Gasteiger partial charge in [0.15, 0.2) is 0 Å². The molecule has 0 unspecified atom stereocenters. The summed E-state index contributed by atoms with van der Waals surface area (Å²) in [4.78, 5) is 0. The zero-order chi connectivity index (χ0) is 28.9. The molecular weight excluding hydrogens is 498 g/mol. The first kappa shape index (κ1) is 39.1. The molecule has 0 rings (SSSR count). The van der Waals surface area contributed by atoms with Gasteiger partial charge in [-0.2, -0.15) is 0 Å². The van der Waals surface area contributed by atoms with E-state index in [1.165, 1.54) is 153 Å².